The van der Waals surface area contributed by atoms with E-state index in [-0.39, 0.29) is 0 Å². The predicted octanol–water partition coefficient (Wildman–Crippen LogP) is 1.98. The zero-order valence-electron chi connectivity index (χ0n) is 12.9. The van der Waals surface area contributed by atoms with Crippen LogP contribution in [0.25, 0.3) is 0 Å². The smallest absolute Gasteiger partial charge is 0.187 e. The monoisotopic (exact) mass is 308 g/mol. The molecule has 0 heterocycles. The lowest BCUT2D eigenvalue weighted by Gasteiger charge is -2.20. The predicted molar refractivity (Wildman–Crippen MR) is 93.2 cm³/mol. The Hall–Kier alpha value is -1.66. The van der Waals surface area contributed by atoms with Crippen molar-refractivity contribution in [3.63, 3.8) is 0 Å². The summed E-state index contributed by atoms with van der Waals surface area (Å²) in [6.45, 7) is 7.59. The van der Waals surface area contributed by atoms with E-state index < -0.39 is 0 Å². The van der Waals surface area contributed by atoms with Crippen molar-refractivity contribution in [1.29, 1.82) is 0 Å². The van der Waals surface area contributed by atoms with Crippen LogP contribution in [0.1, 0.15) is 19.4 Å². The molecule has 1 rings (SSSR count). The van der Waals surface area contributed by atoms with Gasteiger partial charge in [-0.2, -0.15) is 5.10 Å². The van der Waals surface area contributed by atoms with Gasteiger partial charge in [0.1, 0.15) is 0 Å². The van der Waals surface area contributed by atoms with Gasteiger partial charge in [-0.25, -0.2) is 0 Å². The number of benzene rings is 1. The Bertz CT molecular complexity index is 443. The van der Waals surface area contributed by atoms with Crippen LogP contribution in [-0.2, 0) is 4.74 Å². The van der Waals surface area contributed by atoms with Crippen molar-refractivity contribution in [3.8, 4) is 0 Å². The second-order valence-electron chi connectivity index (χ2n) is 4.38. The van der Waals surface area contributed by atoms with E-state index in [0.29, 0.717) is 18.3 Å². The Morgan fingerprint density at radius 3 is 2.52 bits per heavy atom. The first kappa shape index (κ1) is 17.4. The van der Waals surface area contributed by atoms with Gasteiger partial charge in [-0.05, 0) is 43.8 Å². The number of thiocarbonyl (C=S) groups is 1. The molecule has 0 unspecified atom stereocenters. The molecule has 6 heteroatoms. The van der Waals surface area contributed by atoms with E-state index in [1.807, 2.05) is 12.1 Å². The molecule has 116 valence electrons. The Morgan fingerprint density at radius 1 is 1.29 bits per heavy atom. The third-order valence-corrected chi connectivity index (χ3v) is 3.23. The number of hydrazone groups is 1. The number of nitrogens with one attached hydrogen (secondary N) is 2. The number of hydrogen-bond donors (Lipinski definition) is 2. The Kier molecular flexibility index (Phi) is 8.38. The zero-order chi connectivity index (χ0) is 15.5. The van der Waals surface area contributed by atoms with Crippen molar-refractivity contribution in [1.82, 2.24) is 10.7 Å². The Morgan fingerprint density at radius 2 is 1.95 bits per heavy atom. The van der Waals surface area contributed by atoms with E-state index >= 15 is 0 Å². The van der Waals surface area contributed by atoms with Gasteiger partial charge in [0.05, 0.1) is 12.8 Å². The zero-order valence-corrected chi connectivity index (χ0v) is 13.7. The maximum Gasteiger partial charge on any atom is 0.187 e. The van der Waals surface area contributed by atoms with Crippen LogP contribution in [0.4, 0.5) is 5.69 Å². The van der Waals surface area contributed by atoms with Crippen LogP contribution in [0.5, 0.6) is 0 Å². The lowest BCUT2D eigenvalue weighted by molar-refractivity contribution is 0.204. The summed E-state index contributed by atoms with van der Waals surface area (Å²) in [5.74, 6) is 0. The molecule has 2 N–H and O–H groups in total. The van der Waals surface area contributed by atoms with Crippen LogP contribution in [-0.4, -0.2) is 44.7 Å². The van der Waals surface area contributed by atoms with Crippen LogP contribution in [0.3, 0.4) is 0 Å². The Labute approximate surface area is 132 Å². The number of rotatable bonds is 8. The minimum atomic E-state index is 0.489. The summed E-state index contributed by atoms with van der Waals surface area (Å²) >= 11 is 5.07. The number of ether oxygens (including phenoxy) is 1. The molecule has 1 aromatic rings. The molecule has 0 saturated carbocycles. The van der Waals surface area contributed by atoms with Crippen LogP contribution in [0, 0.1) is 0 Å². The van der Waals surface area contributed by atoms with E-state index in [4.69, 9.17) is 17.0 Å². The summed E-state index contributed by atoms with van der Waals surface area (Å²) in [6.07, 6.45) is 1.75. The number of hydrogen-bond acceptors (Lipinski definition) is 4. The van der Waals surface area contributed by atoms with Crippen molar-refractivity contribution in [2.24, 2.45) is 5.10 Å². The summed E-state index contributed by atoms with van der Waals surface area (Å²) in [6, 6.07) is 8.29. The molecule has 0 aromatic heterocycles. The van der Waals surface area contributed by atoms with Gasteiger partial charge in [0.15, 0.2) is 5.11 Å². The minimum absolute atomic E-state index is 0.489. The largest absolute Gasteiger partial charge is 0.383 e. The molecular formula is C15H24N4OS. The van der Waals surface area contributed by atoms with Gasteiger partial charge in [0, 0.05) is 32.4 Å². The standard InChI is InChI=1S/C15H24N4OS/c1-4-19(5-2)14-8-6-13(7-9-14)12-17-18-15(21)16-10-11-20-3/h6-9,12H,4-5,10-11H2,1-3H3,(H2,16,18,21)/b17-12+. The van der Waals surface area contributed by atoms with Crippen LogP contribution < -0.4 is 15.6 Å². The highest BCUT2D eigenvalue weighted by Gasteiger charge is 2.00. The number of anilines is 1. The summed E-state index contributed by atoms with van der Waals surface area (Å²) in [5, 5.41) is 7.57. The van der Waals surface area contributed by atoms with Crippen molar-refractivity contribution >= 4 is 29.2 Å². The fourth-order valence-electron chi connectivity index (χ4n) is 1.83. The van der Waals surface area contributed by atoms with E-state index in [9.17, 15) is 0 Å². The maximum atomic E-state index is 5.07. The van der Waals surface area contributed by atoms with Gasteiger partial charge in [-0.1, -0.05) is 12.1 Å². The molecule has 0 aliphatic carbocycles. The topological polar surface area (TPSA) is 48.9 Å². The lowest BCUT2D eigenvalue weighted by atomic mass is 10.2. The third-order valence-electron chi connectivity index (χ3n) is 2.99. The normalized spacial score (nSPS) is 10.6. The summed E-state index contributed by atoms with van der Waals surface area (Å²) in [4.78, 5) is 2.30. The molecule has 0 aliphatic heterocycles. The first-order chi connectivity index (χ1) is 10.2. The Balaban J connectivity index is 2.44. The molecule has 0 bridgehead atoms. The molecule has 0 atom stereocenters. The first-order valence-corrected chi connectivity index (χ1v) is 7.52. The van der Waals surface area contributed by atoms with Gasteiger partial charge in [-0.3, -0.25) is 5.43 Å². The molecule has 5 nitrogen and oxygen atoms in total. The molecule has 0 fully saturated rings. The average Bonchev–Trinajstić information content (AvgIpc) is 2.50. The van der Waals surface area contributed by atoms with Crippen LogP contribution >= 0.6 is 12.2 Å². The van der Waals surface area contributed by atoms with Crippen molar-refractivity contribution in [2.45, 2.75) is 13.8 Å². The van der Waals surface area contributed by atoms with Crippen molar-refractivity contribution in [2.75, 3.05) is 38.3 Å². The van der Waals surface area contributed by atoms with Crippen molar-refractivity contribution < 1.29 is 4.74 Å². The fourth-order valence-corrected chi connectivity index (χ4v) is 1.99. The molecule has 1 aromatic carbocycles. The fraction of sp³-hybridized carbons (Fsp3) is 0.467. The molecule has 0 radical (unpaired) electrons. The average molecular weight is 308 g/mol. The van der Waals surface area contributed by atoms with Crippen LogP contribution in [0.15, 0.2) is 29.4 Å². The van der Waals surface area contributed by atoms with Gasteiger partial charge in [-0.15, -0.1) is 0 Å². The molecule has 0 saturated heterocycles. The summed E-state index contributed by atoms with van der Waals surface area (Å²) in [5.41, 5.74) is 5.02. The van der Waals surface area contributed by atoms with Crippen LogP contribution in [0.2, 0.25) is 0 Å². The number of nitrogens with zero attached hydrogens (tertiary/aromatic N) is 2. The second kappa shape index (κ2) is 10.1. The summed E-state index contributed by atoms with van der Waals surface area (Å²) in [7, 11) is 1.65. The third kappa shape index (κ3) is 6.55. The molecule has 0 aliphatic rings. The lowest BCUT2D eigenvalue weighted by Crippen LogP contribution is -2.34. The van der Waals surface area contributed by atoms with Gasteiger partial charge >= 0.3 is 0 Å². The minimum Gasteiger partial charge on any atom is -0.383 e. The van der Waals surface area contributed by atoms with Gasteiger partial charge < -0.3 is 15.0 Å². The van der Waals surface area contributed by atoms with Gasteiger partial charge in [0.2, 0.25) is 0 Å². The highest BCUT2D eigenvalue weighted by Crippen LogP contribution is 2.13. The molecule has 0 spiro atoms. The maximum absolute atomic E-state index is 5.07. The van der Waals surface area contributed by atoms with E-state index in [0.717, 1.165) is 18.7 Å². The quantitative estimate of drug-likeness (QED) is 0.333. The number of methoxy groups -OCH3 is 1. The highest BCUT2D eigenvalue weighted by molar-refractivity contribution is 7.80. The van der Waals surface area contributed by atoms with E-state index in [2.05, 4.69) is 46.7 Å². The first-order valence-electron chi connectivity index (χ1n) is 7.12. The molecule has 0 amide bonds. The highest BCUT2D eigenvalue weighted by atomic mass is 32.1. The SMILES string of the molecule is CCN(CC)c1ccc(/C=N/NC(=S)NCCOC)cc1. The molecular weight excluding hydrogens is 284 g/mol. The van der Waals surface area contributed by atoms with E-state index in [1.165, 1.54) is 5.69 Å². The van der Waals surface area contributed by atoms with Crippen molar-refractivity contribution in [3.05, 3.63) is 29.8 Å². The van der Waals surface area contributed by atoms with Gasteiger partial charge in [0.25, 0.3) is 0 Å². The molecule has 21 heavy (non-hydrogen) atoms. The summed E-state index contributed by atoms with van der Waals surface area (Å²) < 4.78 is 4.92. The van der Waals surface area contributed by atoms with E-state index in [1.54, 1.807) is 13.3 Å². The second-order valence-corrected chi connectivity index (χ2v) is 4.79.